The van der Waals surface area contributed by atoms with Crippen LogP contribution in [-0.2, 0) is 14.3 Å². The van der Waals surface area contributed by atoms with E-state index in [1.54, 1.807) is 0 Å². The van der Waals surface area contributed by atoms with E-state index in [-0.39, 0.29) is 11.9 Å². The zero-order valence-corrected chi connectivity index (χ0v) is 10.4. The predicted molar refractivity (Wildman–Crippen MR) is 64.4 cm³/mol. The fourth-order valence-electron chi connectivity index (χ4n) is 1.76. The van der Waals surface area contributed by atoms with Crippen LogP contribution >= 0.6 is 0 Å². The molecule has 1 amide bonds. The van der Waals surface area contributed by atoms with Crippen LogP contribution in [0.3, 0.4) is 0 Å². The van der Waals surface area contributed by atoms with Gasteiger partial charge in [-0.3, -0.25) is 4.79 Å². The number of carbonyl (C=O) groups is 2. The Morgan fingerprint density at radius 1 is 1.65 bits per heavy atom. The Kier molecular flexibility index (Phi) is 5.69. The van der Waals surface area contributed by atoms with Gasteiger partial charge < -0.3 is 15.4 Å². The van der Waals surface area contributed by atoms with Gasteiger partial charge in [0.15, 0.2) is 0 Å². The molecule has 5 nitrogen and oxygen atoms in total. The van der Waals surface area contributed by atoms with Crippen molar-refractivity contribution in [1.82, 2.24) is 10.6 Å². The van der Waals surface area contributed by atoms with Crippen LogP contribution in [0.15, 0.2) is 11.6 Å². The molecule has 1 aliphatic heterocycles. The van der Waals surface area contributed by atoms with Crippen molar-refractivity contribution in [2.45, 2.75) is 32.2 Å². The highest BCUT2D eigenvalue weighted by Gasteiger charge is 2.16. The average molecular weight is 240 g/mol. The highest BCUT2D eigenvalue weighted by molar-refractivity contribution is 5.88. The lowest BCUT2D eigenvalue weighted by Gasteiger charge is -2.23. The number of nitrogens with one attached hydrogen (secondary N) is 2. The van der Waals surface area contributed by atoms with E-state index in [0.717, 1.165) is 6.42 Å². The molecule has 96 valence electrons. The Hall–Kier alpha value is -1.36. The third-order valence-electron chi connectivity index (χ3n) is 2.85. The first kappa shape index (κ1) is 13.7. The lowest BCUT2D eigenvalue weighted by atomic mass is 10.1. The van der Waals surface area contributed by atoms with Crippen LogP contribution in [0.1, 0.15) is 26.2 Å². The predicted octanol–water partition coefficient (Wildman–Crippen LogP) is 0.364. The summed E-state index contributed by atoms with van der Waals surface area (Å²) in [6.45, 7) is 3.20. The van der Waals surface area contributed by atoms with Crippen molar-refractivity contribution in [3.8, 4) is 0 Å². The standard InChI is InChI=1S/C12H20N2O3/c1-3-9(12(16)17-2)6-7-13-10-4-5-11(15)14-8-10/h6,10,13H,3-5,7-8H2,1-2H3,(H,14,15). The monoisotopic (exact) mass is 240 g/mol. The summed E-state index contributed by atoms with van der Waals surface area (Å²) in [6.07, 6.45) is 3.93. The highest BCUT2D eigenvalue weighted by atomic mass is 16.5. The van der Waals surface area contributed by atoms with Gasteiger partial charge in [-0.15, -0.1) is 0 Å². The number of esters is 1. The molecule has 17 heavy (non-hydrogen) atoms. The van der Waals surface area contributed by atoms with Crippen molar-refractivity contribution in [3.63, 3.8) is 0 Å². The average Bonchev–Trinajstić information content (AvgIpc) is 2.36. The maximum atomic E-state index is 11.3. The molecule has 0 aromatic heterocycles. The third kappa shape index (κ3) is 4.56. The summed E-state index contributed by atoms with van der Waals surface area (Å²) >= 11 is 0. The van der Waals surface area contributed by atoms with Crippen LogP contribution in [0.25, 0.3) is 0 Å². The van der Waals surface area contributed by atoms with Gasteiger partial charge in [-0.2, -0.15) is 0 Å². The molecule has 1 heterocycles. The molecular weight excluding hydrogens is 220 g/mol. The van der Waals surface area contributed by atoms with Crippen LogP contribution in [-0.4, -0.2) is 38.1 Å². The van der Waals surface area contributed by atoms with Crippen molar-refractivity contribution in [2.75, 3.05) is 20.2 Å². The van der Waals surface area contributed by atoms with E-state index in [4.69, 9.17) is 0 Å². The van der Waals surface area contributed by atoms with Crippen LogP contribution < -0.4 is 10.6 Å². The summed E-state index contributed by atoms with van der Waals surface area (Å²) in [6, 6.07) is 0.291. The van der Waals surface area contributed by atoms with Gasteiger partial charge in [-0.25, -0.2) is 4.79 Å². The van der Waals surface area contributed by atoms with Gasteiger partial charge >= 0.3 is 5.97 Å². The number of methoxy groups -OCH3 is 1. The second kappa shape index (κ2) is 7.06. The van der Waals surface area contributed by atoms with E-state index in [2.05, 4.69) is 15.4 Å². The van der Waals surface area contributed by atoms with Gasteiger partial charge in [0.25, 0.3) is 0 Å². The molecule has 0 aromatic rings. The molecule has 5 heteroatoms. The first-order valence-corrected chi connectivity index (χ1v) is 5.94. The first-order chi connectivity index (χ1) is 8.17. The maximum absolute atomic E-state index is 11.3. The summed E-state index contributed by atoms with van der Waals surface area (Å²) in [4.78, 5) is 22.2. The lowest BCUT2D eigenvalue weighted by molar-refractivity contribution is -0.136. The molecule has 1 aliphatic rings. The number of hydrogen-bond donors (Lipinski definition) is 2. The molecule has 0 spiro atoms. The topological polar surface area (TPSA) is 67.4 Å². The minimum absolute atomic E-state index is 0.113. The molecule has 2 N–H and O–H groups in total. The highest BCUT2D eigenvalue weighted by Crippen LogP contribution is 2.04. The van der Waals surface area contributed by atoms with Crippen LogP contribution in [0.4, 0.5) is 0 Å². The summed E-state index contributed by atoms with van der Waals surface area (Å²) in [5.41, 5.74) is 0.680. The minimum atomic E-state index is -0.272. The fourth-order valence-corrected chi connectivity index (χ4v) is 1.76. The molecule has 0 aromatic carbocycles. The summed E-state index contributed by atoms with van der Waals surface area (Å²) in [7, 11) is 1.38. The van der Waals surface area contributed by atoms with Crippen molar-refractivity contribution >= 4 is 11.9 Å². The van der Waals surface area contributed by atoms with Gasteiger partial charge in [-0.1, -0.05) is 13.0 Å². The molecule has 0 radical (unpaired) electrons. The molecule has 0 saturated carbocycles. The second-order valence-corrected chi connectivity index (χ2v) is 4.02. The van der Waals surface area contributed by atoms with Crippen molar-refractivity contribution in [3.05, 3.63) is 11.6 Å². The second-order valence-electron chi connectivity index (χ2n) is 4.02. The smallest absolute Gasteiger partial charge is 0.333 e. The van der Waals surface area contributed by atoms with Crippen molar-refractivity contribution in [2.24, 2.45) is 0 Å². The molecule has 0 aliphatic carbocycles. The summed E-state index contributed by atoms with van der Waals surface area (Å²) < 4.78 is 4.67. The molecule has 1 atom stereocenters. The zero-order chi connectivity index (χ0) is 12.7. The van der Waals surface area contributed by atoms with Crippen LogP contribution in [0, 0.1) is 0 Å². The van der Waals surface area contributed by atoms with E-state index in [1.165, 1.54) is 7.11 Å². The molecular formula is C12H20N2O3. The SMILES string of the molecule is CCC(=CCNC1CCC(=O)NC1)C(=O)OC. The number of piperidine rings is 1. The zero-order valence-electron chi connectivity index (χ0n) is 10.4. The van der Waals surface area contributed by atoms with Gasteiger partial charge in [0.05, 0.1) is 7.11 Å². The minimum Gasteiger partial charge on any atom is -0.466 e. The number of rotatable bonds is 5. The van der Waals surface area contributed by atoms with Crippen molar-refractivity contribution < 1.29 is 14.3 Å². The number of carbonyl (C=O) groups excluding carboxylic acids is 2. The third-order valence-corrected chi connectivity index (χ3v) is 2.85. The Labute approximate surface area is 102 Å². The Bertz CT molecular complexity index is 303. The van der Waals surface area contributed by atoms with E-state index in [1.807, 2.05) is 13.0 Å². The van der Waals surface area contributed by atoms with E-state index in [0.29, 0.717) is 37.5 Å². The van der Waals surface area contributed by atoms with Gasteiger partial charge in [0.2, 0.25) is 5.91 Å². The summed E-state index contributed by atoms with van der Waals surface area (Å²) in [5, 5.41) is 6.09. The summed E-state index contributed by atoms with van der Waals surface area (Å²) in [5.74, 6) is -0.159. The molecule has 1 unspecified atom stereocenters. The van der Waals surface area contributed by atoms with Crippen LogP contribution in [0.2, 0.25) is 0 Å². The molecule has 0 bridgehead atoms. The molecule has 1 saturated heterocycles. The number of ether oxygens (including phenoxy) is 1. The Morgan fingerprint density at radius 3 is 2.94 bits per heavy atom. The molecule has 1 rings (SSSR count). The molecule has 1 fully saturated rings. The largest absolute Gasteiger partial charge is 0.466 e. The normalized spacial score (nSPS) is 20.9. The fraction of sp³-hybridized carbons (Fsp3) is 0.667. The Balaban J connectivity index is 2.32. The van der Waals surface area contributed by atoms with Gasteiger partial charge in [0, 0.05) is 31.1 Å². The van der Waals surface area contributed by atoms with Crippen molar-refractivity contribution in [1.29, 1.82) is 0 Å². The number of hydrogen-bond acceptors (Lipinski definition) is 4. The van der Waals surface area contributed by atoms with Gasteiger partial charge in [-0.05, 0) is 12.8 Å². The lowest BCUT2D eigenvalue weighted by Crippen LogP contribution is -2.45. The quantitative estimate of drug-likeness (QED) is 0.538. The van der Waals surface area contributed by atoms with Gasteiger partial charge in [0.1, 0.15) is 0 Å². The Morgan fingerprint density at radius 2 is 2.41 bits per heavy atom. The first-order valence-electron chi connectivity index (χ1n) is 5.94. The maximum Gasteiger partial charge on any atom is 0.333 e. The van der Waals surface area contributed by atoms with E-state index in [9.17, 15) is 9.59 Å². The van der Waals surface area contributed by atoms with E-state index < -0.39 is 0 Å². The van der Waals surface area contributed by atoms with E-state index >= 15 is 0 Å². The number of amides is 1. The van der Waals surface area contributed by atoms with Crippen LogP contribution in [0.5, 0.6) is 0 Å².